The van der Waals surface area contributed by atoms with Crippen LogP contribution in [0.3, 0.4) is 0 Å². The molecule has 0 atom stereocenters. The van der Waals surface area contributed by atoms with Crippen LogP contribution in [0.4, 0.5) is 5.69 Å². The molecule has 0 spiro atoms. The van der Waals surface area contributed by atoms with Crippen molar-refractivity contribution < 1.29 is 9.53 Å². The number of esters is 1. The Hall–Kier alpha value is -3.11. The number of hydrogen-bond acceptors (Lipinski definition) is 4. The van der Waals surface area contributed by atoms with Crippen LogP contribution in [0.25, 0.3) is 11.1 Å². The van der Waals surface area contributed by atoms with E-state index < -0.39 is 5.54 Å². The van der Waals surface area contributed by atoms with Crippen molar-refractivity contribution in [1.29, 1.82) is 0 Å². The highest BCUT2D eigenvalue weighted by atomic mass is 16.5. The summed E-state index contributed by atoms with van der Waals surface area (Å²) < 4.78 is 5.57. The van der Waals surface area contributed by atoms with Crippen molar-refractivity contribution in [2.75, 3.05) is 18.1 Å². The number of rotatable bonds is 6. The summed E-state index contributed by atoms with van der Waals surface area (Å²) >= 11 is 0. The van der Waals surface area contributed by atoms with Gasteiger partial charge in [-0.3, -0.25) is 0 Å². The van der Waals surface area contributed by atoms with Crippen molar-refractivity contribution in [3.05, 3.63) is 89.0 Å². The van der Waals surface area contributed by atoms with Crippen LogP contribution in [-0.2, 0) is 17.7 Å². The summed E-state index contributed by atoms with van der Waals surface area (Å²) in [5, 5.41) is 0. The molecular formula is C27H30N2O2. The number of fused-ring (bicyclic) bond motifs is 1. The lowest BCUT2D eigenvalue weighted by molar-refractivity contribution is 0.0434. The topological polar surface area (TPSA) is 55.6 Å². The maximum atomic E-state index is 13.0. The molecule has 4 nitrogen and oxygen atoms in total. The van der Waals surface area contributed by atoms with Crippen molar-refractivity contribution in [2.24, 2.45) is 5.73 Å². The Bertz CT molecular complexity index is 1080. The Kier molecular flexibility index (Phi) is 5.84. The number of aryl methyl sites for hydroxylation is 1. The predicted octanol–water partition coefficient (Wildman–Crippen LogP) is 5.12. The number of nitrogens with two attached hydrogens (primary N) is 1. The lowest BCUT2D eigenvalue weighted by Gasteiger charge is -2.24. The van der Waals surface area contributed by atoms with E-state index in [4.69, 9.17) is 10.5 Å². The van der Waals surface area contributed by atoms with Gasteiger partial charge >= 0.3 is 5.97 Å². The van der Waals surface area contributed by atoms with E-state index in [-0.39, 0.29) is 12.6 Å². The zero-order valence-corrected chi connectivity index (χ0v) is 18.5. The number of hydrogen-bond donors (Lipinski definition) is 1. The number of anilines is 1. The molecule has 31 heavy (non-hydrogen) atoms. The average Bonchev–Trinajstić information content (AvgIpc) is 3.15. The lowest BCUT2D eigenvalue weighted by Crippen LogP contribution is -2.38. The van der Waals surface area contributed by atoms with Crippen LogP contribution in [-0.4, -0.2) is 24.7 Å². The zero-order chi connectivity index (χ0) is 22.0. The summed E-state index contributed by atoms with van der Waals surface area (Å²) in [6, 6.07) is 22.7. The second-order valence-electron chi connectivity index (χ2n) is 9.03. The summed E-state index contributed by atoms with van der Waals surface area (Å²) in [6.45, 7) is 7.74. The first kappa shape index (κ1) is 21.1. The number of ether oxygens (including phenoxy) is 1. The Morgan fingerprint density at radius 3 is 2.52 bits per heavy atom. The van der Waals surface area contributed by atoms with Gasteiger partial charge in [0.05, 0.1) is 5.56 Å². The molecule has 4 heteroatoms. The van der Waals surface area contributed by atoms with E-state index in [2.05, 4.69) is 60.4 Å². The van der Waals surface area contributed by atoms with Crippen LogP contribution in [0.2, 0.25) is 0 Å². The quantitative estimate of drug-likeness (QED) is 0.569. The Balaban J connectivity index is 1.75. The molecule has 0 radical (unpaired) electrons. The van der Waals surface area contributed by atoms with E-state index >= 15 is 0 Å². The number of carbonyl (C=O) groups is 1. The van der Waals surface area contributed by atoms with E-state index in [0.717, 1.165) is 36.2 Å². The fraction of sp³-hybridized carbons (Fsp3) is 0.296. The molecule has 0 amide bonds. The van der Waals surface area contributed by atoms with Gasteiger partial charge in [-0.05, 0) is 49.9 Å². The highest BCUT2D eigenvalue weighted by molar-refractivity contribution is 6.01. The number of para-hydroxylation sites is 1. The fourth-order valence-electron chi connectivity index (χ4n) is 4.22. The molecule has 160 valence electrons. The van der Waals surface area contributed by atoms with Crippen LogP contribution in [0, 0.1) is 6.92 Å². The van der Waals surface area contributed by atoms with E-state index in [1.165, 1.54) is 16.8 Å². The van der Waals surface area contributed by atoms with E-state index in [0.29, 0.717) is 5.56 Å². The van der Waals surface area contributed by atoms with Crippen molar-refractivity contribution in [2.45, 2.75) is 39.3 Å². The molecule has 0 aromatic heterocycles. The molecule has 0 fully saturated rings. The minimum atomic E-state index is -0.569. The number of benzene rings is 3. The molecule has 3 aromatic rings. The monoisotopic (exact) mass is 414 g/mol. The largest absolute Gasteiger partial charge is 0.460 e. The van der Waals surface area contributed by atoms with Gasteiger partial charge < -0.3 is 15.4 Å². The first-order valence-electron chi connectivity index (χ1n) is 10.8. The summed E-state index contributed by atoms with van der Waals surface area (Å²) in [5.41, 5.74) is 12.9. The van der Waals surface area contributed by atoms with Crippen molar-refractivity contribution >= 4 is 11.7 Å². The van der Waals surface area contributed by atoms with Crippen molar-refractivity contribution in [1.82, 2.24) is 0 Å². The van der Waals surface area contributed by atoms with E-state index in [1.54, 1.807) is 0 Å². The van der Waals surface area contributed by atoms with Gasteiger partial charge in [-0.25, -0.2) is 4.79 Å². The average molecular weight is 415 g/mol. The van der Waals surface area contributed by atoms with Gasteiger partial charge in [0.2, 0.25) is 0 Å². The van der Waals surface area contributed by atoms with Crippen LogP contribution in [0.5, 0.6) is 0 Å². The normalized spacial score (nSPS) is 13.2. The number of carbonyl (C=O) groups excluding carboxylic acids is 1. The van der Waals surface area contributed by atoms with Crippen molar-refractivity contribution in [3.8, 4) is 11.1 Å². The smallest absolute Gasteiger partial charge is 0.338 e. The van der Waals surface area contributed by atoms with Crippen LogP contribution < -0.4 is 10.6 Å². The Morgan fingerprint density at radius 1 is 1.03 bits per heavy atom. The van der Waals surface area contributed by atoms with Gasteiger partial charge in [-0.15, -0.1) is 0 Å². The summed E-state index contributed by atoms with van der Waals surface area (Å²) in [4.78, 5) is 15.4. The second kappa shape index (κ2) is 8.56. The third-order valence-electron chi connectivity index (χ3n) is 5.64. The third-order valence-corrected chi connectivity index (χ3v) is 5.64. The van der Waals surface area contributed by atoms with Gasteiger partial charge in [-0.1, -0.05) is 60.7 Å². The van der Waals surface area contributed by atoms with Crippen LogP contribution in [0.1, 0.15) is 40.9 Å². The Morgan fingerprint density at radius 2 is 1.77 bits per heavy atom. The molecule has 0 unspecified atom stereocenters. The summed E-state index contributed by atoms with van der Waals surface area (Å²) in [5.74, 6) is -0.331. The molecule has 0 saturated heterocycles. The standard InChI is InChI=1S/C27H30N2O2/c1-19-9-7-14-23(26(30)31-18-27(2,3)28)24(19)22-13-8-12-21-15-16-29(25(21)22)17-20-10-5-4-6-11-20/h4-14H,15-18,28H2,1-3H3. The summed E-state index contributed by atoms with van der Waals surface area (Å²) in [7, 11) is 0. The zero-order valence-electron chi connectivity index (χ0n) is 18.5. The molecule has 4 rings (SSSR count). The molecule has 0 saturated carbocycles. The highest BCUT2D eigenvalue weighted by Gasteiger charge is 2.27. The van der Waals surface area contributed by atoms with E-state index in [9.17, 15) is 4.79 Å². The van der Waals surface area contributed by atoms with Gasteiger partial charge in [0.15, 0.2) is 0 Å². The first-order chi connectivity index (χ1) is 14.8. The van der Waals surface area contributed by atoms with Gasteiger partial charge in [0.25, 0.3) is 0 Å². The van der Waals surface area contributed by atoms with Crippen LogP contribution >= 0.6 is 0 Å². The maximum Gasteiger partial charge on any atom is 0.338 e. The highest BCUT2D eigenvalue weighted by Crippen LogP contribution is 2.41. The molecule has 1 aliphatic heterocycles. The molecule has 3 aromatic carbocycles. The van der Waals surface area contributed by atoms with E-state index in [1.807, 2.05) is 32.0 Å². The third kappa shape index (κ3) is 4.64. The minimum absolute atomic E-state index is 0.173. The molecular weight excluding hydrogens is 384 g/mol. The predicted molar refractivity (Wildman–Crippen MR) is 126 cm³/mol. The first-order valence-corrected chi connectivity index (χ1v) is 10.8. The molecule has 1 heterocycles. The molecule has 2 N–H and O–H groups in total. The van der Waals surface area contributed by atoms with Crippen LogP contribution in [0.15, 0.2) is 66.7 Å². The molecule has 0 aliphatic carbocycles. The summed E-state index contributed by atoms with van der Waals surface area (Å²) in [6.07, 6.45) is 1.00. The van der Waals surface area contributed by atoms with Gasteiger partial charge in [-0.2, -0.15) is 0 Å². The fourth-order valence-corrected chi connectivity index (χ4v) is 4.22. The lowest BCUT2D eigenvalue weighted by atomic mass is 9.92. The molecule has 0 bridgehead atoms. The SMILES string of the molecule is Cc1cccc(C(=O)OCC(C)(C)N)c1-c1cccc2c1N(Cc1ccccc1)CC2. The Labute approximate surface area is 184 Å². The van der Waals surface area contributed by atoms with Gasteiger partial charge in [0.1, 0.15) is 6.61 Å². The maximum absolute atomic E-state index is 13.0. The van der Waals surface area contributed by atoms with Crippen molar-refractivity contribution in [3.63, 3.8) is 0 Å². The second-order valence-corrected chi connectivity index (χ2v) is 9.03. The number of nitrogens with zero attached hydrogens (tertiary/aromatic N) is 1. The van der Waals surface area contributed by atoms with Gasteiger partial charge in [0, 0.05) is 35.4 Å². The molecule has 1 aliphatic rings. The minimum Gasteiger partial charge on any atom is -0.460 e.